The number of carboxylic acid groups (broad SMARTS) is 2. The summed E-state index contributed by atoms with van der Waals surface area (Å²) >= 11 is 1.36. The number of rotatable bonds is 8. The van der Waals surface area contributed by atoms with Crippen LogP contribution < -0.4 is 10.6 Å². The van der Waals surface area contributed by atoms with Gasteiger partial charge in [0.05, 0.1) is 30.7 Å². The van der Waals surface area contributed by atoms with Gasteiger partial charge in [-0.3, -0.25) is 9.59 Å². The predicted molar refractivity (Wildman–Crippen MR) is 115 cm³/mol. The zero-order valence-electron chi connectivity index (χ0n) is 18.0. The molecule has 11 nitrogen and oxygen atoms in total. The lowest BCUT2D eigenvalue weighted by Crippen LogP contribution is -2.63. The number of thioether (sulfide) groups is 1. The van der Waals surface area contributed by atoms with Crippen molar-refractivity contribution in [2.45, 2.75) is 50.3 Å². The Labute approximate surface area is 193 Å². The van der Waals surface area contributed by atoms with E-state index in [1.54, 1.807) is 0 Å². The van der Waals surface area contributed by atoms with E-state index in [1.807, 2.05) is 6.92 Å². The lowest BCUT2D eigenvalue weighted by atomic mass is 9.79. The number of aromatic carboxylic acids is 1. The fourth-order valence-corrected chi connectivity index (χ4v) is 6.22. The zero-order chi connectivity index (χ0) is 24.0. The van der Waals surface area contributed by atoms with Crippen LogP contribution in [-0.2, 0) is 20.9 Å². The number of fused-ring (bicyclic) bond motifs is 1. The molecule has 6 atom stereocenters. The maximum Gasteiger partial charge on any atom is 0.371 e. The second-order valence-corrected chi connectivity index (χ2v) is 9.84. The van der Waals surface area contributed by atoms with Gasteiger partial charge in [0.25, 0.3) is 0 Å². The molecule has 4 heterocycles. The standard InChI is InChI=1S/C21H25N3O8S/c1-8-15-14(9(2)25)19(27)24(15)16(21(30)31)17(8)33-11-5-12(22-7-11)18(26)23-6-10-3-4-13(32-10)20(28)29/h3-4,8-9,11-12,14-15,22,25H,5-7H2,1-2H3,(H,23,26)(H,28,29)(H,30,31)/t8-,9-,11+,12+,14-,15-/m1/s1. The first-order valence-corrected chi connectivity index (χ1v) is 11.5. The number of nitrogens with zero attached hydrogens (tertiary/aromatic N) is 1. The normalized spacial score (nSPS) is 29.6. The van der Waals surface area contributed by atoms with Gasteiger partial charge in [-0.25, -0.2) is 9.59 Å². The van der Waals surface area contributed by atoms with E-state index in [1.165, 1.54) is 35.7 Å². The van der Waals surface area contributed by atoms with Crippen LogP contribution in [0.25, 0.3) is 0 Å². The quantitative estimate of drug-likeness (QED) is 0.325. The molecule has 0 aromatic carbocycles. The molecule has 2 saturated heterocycles. The highest BCUT2D eigenvalue weighted by atomic mass is 32.2. The summed E-state index contributed by atoms with van der Waals surface area (Å²) < 4.78 is 5.12. The Morgan fingerprint density at radius 3 is 2.64 bits per heavy atom. The molecule has 0 saturated carbocycles. The fraction of sp³-hybridized carbons (Fsp3) is 0.524. The molecular formula is C21H25N3O8S. The predicted octanol–water partition coefficient (Wildman–Crippen LogP) is 0.211. The molecule has 2 amide bonds. The van der Waals surface area contributed by atoms with Crippen molar-refractivity contribution in [1.29, 1.82) is 0 Å². The summed E-state index contributed by atoms with van der Waals surface area (Å²) in [6.45, 7) is 3.92. The van der Waals surface area contributed by atoms with Crippen molar-refractivity contribution in [2.75, 3.05) is 6.54 Å². The first kappa shape index (κ1) is 23.3. The third-order valence-electron chi connectivity index (χ3n) is 6.32. The minimum atomic E-state index is -1.19. The van der Waals surface area contributed by atoms with E-state index in [2.05, 4.69) is 10.6 Å². The summed E-state index contributed by atoms with van der Waals surface area (Å²) in [7, 11) is 0. The maximum absolute atomic E-state index is 12.5. The van der Waals surface area contributed by atoms with Crippen LogP contribution in [-0.4, -0.2) is 74.0 Å². The first-order chi connectivity index (χ1) is 15.6. The third kappa shape index (κ3) is 4.13. The number of carbonyl (C=O) groups is 4. The molecule has 4 rings (SSSR count). The second kappa shape index (κ2) is 8.84. The number of aliphatic hydroxyl groups is 1. The highest BCUT2D eigenvalue weighted by Gasteiger charge is 2.60. The summed E-state index contributed by atoms with van der Waals surface area (Å²) in [5.74, 6) is -3.74. The van der Waals surface area contributed by atoms with Crippen LogP contribution in [0.5, 0.6) is 0 Å². The Bertz CT molecular complexity index is 1030. The minimum absolute atomic E-state index is 0.0284. The van der Waals surface area contributed by atoms with Crippen molar-refractivity contribution in [3.63, 3.8) is 0 Å². The molecule has 5 N–H and O–H groups in total. The van der Waals surface area contributed by atoms with Crippen LogP contribution in [0.2, 0.25) is 0 Å². The number of β-lactam (4-membered cyclic amide) rings is 1. The summed E-state index contributed by atoms with van der Waals surface area (Å²) in [5, 5.41) is 34.3. The van der Waals surface area contributed by atoms with Crippen molar-refractivity contribution in [3.8, 4) is 0 Å². The monoisotopic (exact) mass is 479 g/mol. The Hall–Kier alpha value is -2.83. The summed E-state index contributed by atoms with van der Waals surface area (Å²) in [6, 6.07) is 1.93. The number of hydrogen-bond donors (Lipinski definition) is 5. The zero-order valence-corrected chi connectivity index (χ0v) is 18.8. The van der Waals surface area contributed by atoms with Crippen LogP contribution in [0.4, 0.5) is 0 Å². The van der Waals surface area contributed by atoms with Crippen molar-refractivity contribution >= 4 is 35.5 Å². The molecule has 178 valence electrons. The van der Waals surface area contributed by atoms with Gasteiger partial charge in [-0.05, 0) is 25.5 Å². The second-order valence-electron chi connectivity index (χ2n) is 8.50. The van der Waals surface area contributed by atoms with E-state index in [0.29, 0.717) is 23.6 Å². The largest absolute Gasteiger partial charge is 0.477 e. The van der Waals surface area contributed by atoms with E-state index < -0.39 is 30.0 Å². The number of amides is 2. The molecule has 3 aliphatic rings. The van der Waals surface area contributed by atoms with Gasteiger partial charge in [0, 0.05) is 22.6 Å². The smallest absolute Gasteiger partial charge is 0.371 e. The molecule has 0 aliphatic carbocycles. The number of furan rings is 1. The Kier molecular flexibility index (Phi) is 6.25. The number of aliphatic carboxylic acids is 1. The van der Waals surface area contributed by atoms with Gasteiger partial charge >= 0.3 is 11.9 Å². The van der Waals surface area contributed by atoms with E-state index in [9.17, 15) is 29.4 Å². The number of nitrogens with one attached hydrogen (secondary N) is 2. The number of carboxylic acids is 2. The van der Waals surface area contributed by atoms with Crippen LogP contribution >= 0.6 is 11.8 Å². The number of carbonyl (C=O) groups excluding carboxylic acids is 2. The number of aliphatic hydroxyl groups excluding tert-OH is 1. The first-order valence-electron chi connectivity index (χ1n) is 10.6. The molecular weight excluding hydrogens is 454 g/mol. The molecule has 2 fully saturated rings. The van der Waals surface area contributed by atoms with Crippen molar-refractivity contribution < 1.29 is 38.9 Å². The molecule has 12 heteroatoms. The van der Waals surface area contributed by atoms with E-state index in [-0.39, 0.29) is 47.0 Å². The molecule has 0 spiro atoms. The van der Waals surface area contributed by atoms with Gasteiger partial charge in [0.2, 0.25) is 17.6 Å². The van der Waals surface area contributed by atoms with Gasteiger partial charge < -0.3 is 35.3 Å². The van der Waals surface area contributed by atoms with Gasteiger partial charge in [-0.15, -0.1) is 11.8 Å². The summed E-state index contributed by atoms with van der Waals surface area (Å²) in [4.78, 5) is 49.7. The molecule has 0 radical (unpaired) electrons. The minimum Gasteiger partial charge on any atom is -0.477 e. The maximum atomic E-state index is 12.5. The highest BCUT2D eigenvalue weighted by molar-refractivity contribution is 8.03. The molecule has 1 aromatic rings. The van der Waals surface area contributed by atoms with Gasteiger partial charge in [0.1, 0.15) is 11.5 Å². The van der Waals surface area contributed by atoms with Gasteiger partial charge in [-0.2, -0.15) is 0 Å². The van der Waals surface area contributed by atoms with Crippen molar-refractivity contribution in [3.05, 3.63) is 34.3 Å². The molecule has 33 heavy (non-hydrogen) atoms. The Morgan fingerprint density at radius 2 is 2.03 bits per heavy atom. The molecule has 0 bridgehead atoms. The lowest BCUT2D eigenvalue weighted by Gasteiger charge is -2.46. The van der Waals surface area contributed by atoms with E-state index in [0.717, 1.165) is 0 Å². The van der Waals surface area contributed by atoms with Crippen LogP contribution in [0.3, 0.4) is 0 Å². The van der Waals surface area contributed by atoms with E-state index in [4.69, 9.17) is 9.52 Å². The van der Waals surface area contributed by atoms with Crippen molar-refractivity contribution in [1.82, 2.24) is 15.5 Å². The molecule has 3 aliphatic heterocycles. The average Bonchev–Trinajstić information content (AvgIpc) is 3.45. The highest BCUT2D eigenvalue weighted by Crippen LogP contribution is 2.51. The lowest BCUT2D eigenvalue weighted by molar-refractivity contribution is -0.163. The van der Waals surface area contributed by atoms with Crippen molar-refractivity contribution in [2.24, 2.45) is 11.8 Å². The number of hydrogen-bond acceptors (Lipinski definition) is 8. The Balaban J connectivity index is 1.37. The third-order valence-corrected chi connectivity index (χ3v) is 7.83. The molecule has 0 unspecified atom stereocenters. The summed E-state index contributed by atoms with van der Waals surface area (Å²) in [5.41, 5.74) is -0.0284. The fourth-order valence-electron chi connectivity index (χ4n) is 4.74. The van der Waals surface area contributed by atoms with Gasteiger partial charge in [-0.1, -0.05) is 6.92 Å². The molecule has 1 aromatic heterocycles. The topological polar surface area (TPSA) is 169 Å². The summed E-state index contributed by atoms with van der Waals surface area (Å²) in [6.07, 6.45) is -0.404. The van der Waals surface area contributed by atoms with E-state index >= 15 is 0 Å². The van der Waals surface area contributed by atoms with Crippen LogP contribution in [0.1, 0.15) is 36.6 Å². The Morgan fingerprint density at radius 1 is 1.30 bits per heavy atom. The average molecular weight is 480 g/mol. The van der Waals surface area contributed by atoms with Crippen LogP contribution in [0, 0.1) is 11.8 Å². The van der Waals surface area contributed by atoms with Gasteiger partial charge in [0.15, 0.2) is 0 Å². The van der Waals surface area contributed by atoms with Crippen LogP contribution in [0.15, 0.2) is 27.2 Å². The SMILES string of the molecule is C[C@@H](O)[C@H]1C(=O)N2C(C(=O)O)=C(S[C@@H]3CN[C@H](C(=O)NCc4ccc(C(=O)O)o4)C3)[C@H](C)[C@H]12.